The predicted molar refractivity (Wildman–Crippen MR) is 362 cm³/mol. The number of allylic oxidation sites excluding steroid dienone is 15. The fourth-order valence-corrected chi connectivity index (χ4v) is 10.3. The van der Waals surface area contributed by atoms with Gasteiger partial charge >= 0.3 is 17.9 Å². The van der Waals surface area contributed by atoms with Crippen LogP contribution in [0, 0.1) is 0 Å². The second-order valence-electron chi connectivity index (χ2n) is 23.8. The van der Waals surface area contributed by atoms with E-state index in [1.165, 1.54) is 238 Å². The number of rotatable bonds is 65. The van der Waals surface area contributed by atoms with E-state index < -0.39 is 12.1 Å². The van der Waals surface area contributed by atoms with Crippen molar-refractivity contribution in [3.63, 3.8) is 0 Å². The lowest BCUT2D eigenvalue weighted by Crippen LogP contribution is -2.30. The van der Waals surface area contributed by atoms with Crippen LogP contribution in [0.15, 0.2) is 97.2 Å². The van der Waals surface area contributed by atoms with E-state index in [1.807, 2.05) is 12.2 Å². The lowest BCUT2D eigenvalue weighted by Gasteiger charge is -2.18. The van der Waals surface area contributed by atoms with Gasteiger partial charge in [0.05, 0.1) is 6.42 Å². The third kappa shape index (κ3) is 69.0. The normalized spacial score (nSPS) is 12.7. The number of hydrogen-bond donors (Lipinski definition) is 0. The fourth-order valence-electron chi connectivity index (χ4n) is 10.3. The van der Waals surface area contributed by atoms with Gasteiger partial charge in [0.25, 0.3) is 0 Å². The van der Waals surface area contributed by atoms with E-state index in [0.29, 0.717) is 12.8 Å². The maximum atomic E-state index is 13.0. The zero-order valence-electron chi connectivity index (χ0n) is 54.9. The van der Waals surface area contributed by atoms with Gasteiger partial charge in [-0.3, -0.25) is 14.4 Å². The summed E-state index contributed by atoms with van der Waals surface area (Å²) >= 11 is 0. The molecule has 0 aromatic carbocycles. The van der Waals surface area contributed by atoms with Crippen LogP contribution in [0.4, 0.5) is 0 Å². The molecule has 0 N–H and O–H groups in total. The number of carbonyl (C=O) groups excluding carboxylic acids is 3. The third-order valence-electron chi connectivity index (χ3n) is 15.6. The second kappa shape index (κ2) is 70.8. The van der Waals surface area contributed by atoms with E-state index in [2.05, 4.69) is 106 Å². The molecule has 0 saturated carbocycles. The number of ether oxygens (including phenoxy) is 3. The van der Waals surface area contributed by atoms with Gasteiger partial charge in [-0.05, 0) is 103 Å². The third-order valence-corrected chi connectivity index (χ3v) is 15.6. The molecule has 0 bridgehead atoms. The Bertz CT molecular complexity index is 1610. The van der Waals surface area contributed by atoms with E-state index in [1.54, 1.807) is 0 Å². The van der Waals surface area contributed by atoms with Crippen molar-refractivity contribution in [3.8, 4) is 0 Å². The smallest absolute Gasteiger partial charge is 0.309 e. The number of esters is 3. The molecule has 0 aromatic rings. The van der Waals surface area contributed by atoms with Crippen molar-refractivity contribution in [2.45, 2.75) is 361 Å². The molecule has 0 rings (SSSR count). The highest BCUT2D eigenvalue weighted by atomic mass is 16.6. The van der Waals surface area contributed by atoms with Gasteiger partial charge in [-0.15, -0.1) is 0 Å². The van der Waals surface area contributed by atoms with Crippen LogP contribution >= 0.6 is 0 Å². The lowest BCUT2D eigenvalue weighted by atomic mass is 10.0. The molecule has 478 valence electrons. The van der Waals surface area contributed by atoms with Crippen molar-refractivity contribution in [1.82, 2.24) is 0 Å². The topological polar surface area (TPSA) is 78.9 Å². The van der Waals surface area contributed by atoms with Gasteiger partial charge in [0.15, 0.2) is 6.10 Å². The molecule has 0 saturated heterocycles. The molecule has 83 heavy (non-hydrogen) atoms. The Morgan fingerprint density at radius 2 is 0.518 bits per heavy atom. The zero-order valence-corrected chi connectivity index (χ0v) is 54.9. The molecule has 0 aliphatic heterocycles. The van der Waals surface area contributed by atoms with E-state index in [9.17, 15) is 14.4 Å². The molecule has 0 aliphatic rings. The second-order valence-corrected chi connectivity index (χ2v) is 23.8. The van der Waals surface area contributed by atoms with Gasteiger partial charge in [0, 0.05) is 12.8 Å². The van der Waals surface area contributed by atoms with Crippen molar-refractivity contribution < 1.29 is 28.6 Å². The summed E-state index contributed by atoms with van der Waals surface area (Å²) in [4.78, 5) is 38.4. The van der Waals surface area contributed by atoms with Crippen molar-refractivity contribution in [2.24, 2.45) is 0 Å². The minimum absolute atomic E-state index is 0.106. The maximum Gasteiger partial charge on any atom is 0.309 e. The molecule has 0 aromatic heterocycles. The highest BCUT2D eigenvalue weighted by Gasteiger charge is 2.19. The Kier molecular flexibility index (Phi) is 67.7. The average molecular weight is 1160 g/mol. The standard InChI is InChI=1S/C77H134O6/c1-4-7-10-13-16-19-22-25-28-30-32-34-36-38-40-42-44-46-49-52-55-58-61-64-67-70-76(79)82-73-74(72-81-75(78)69-66-63-60-57-54-51-48-27-24-21-18-15-12-9-6-3)83-77(80)71-68-65-62-59-56-53-50-47-45-43-41-39-37-35-33-31-29-26-23-20-17-14-11-8-5-2/h9,12,18,21-22,25,27,30-33,48,54,57,63,66,74H,4-8,10-11,13-17,19-20,23-24,26,28-29,34-47,49-53,55-56,58-62,64-65,67-73H2,1-3H3/b12-9-,21-18-,25-22-,32-30-,33-31-,48-27-,57-54-,66-63-. The largest absolute Gasteiger partial charge is 0.462 e. The first-order valence-electron chi connectivity index (χ1n) is 35.7. The molecule has 0 fully saturated rings. The van der Waals surface area contributed by atoms with Crippen LogP contribution in [0.25, 0.3) is 0 Å². The van der Waals surface area contributed by atoms with Gasteiger partial charge in [-0.2, -0.15) is 0 Å². The molecule has 6 nitrogen and oxygen atoms in total. The number of carbonyl (C=O) groups is 3. The lowest BCUT2D eigenvalue weighted by molar-refractivity contribution is -0.166. The van der Waals surface area contributed by atoms with Crippen LogP contribution in [0.3, 0.4) is 0 Å². The van der Waals surface area contributed by atoms with Crippen molar-refractivity contribution >= 4 is 17.9 Å². The molecule has 1 unspecified atom stereocenters. The van der Waals surface area contributed by atoms with Crippen molar-refractivity contribution in [2.75, 3.05) is 13.2 Å². The van der Waals surface area contributed by atoms with Crippen LogP contribution in [-0.2, 0) is 28.6 Å². The molecular formula is C77H134O6. The number of unbranched alkanes of at least 4 members (excludes halogenated alkanes) is 39. The van der Waals surface area contributed by atoms with Gasteiger partial charge in [-0.25, -0.2) is 0 Å². The van der Waals surface area contributed by atoms with Crippen molar-refractivity contribution in [3.05, 3.63) is 97.2 Å². The summed E-state index contributed by atoms with van der Waals surface area (Å²) in [6.07, 6.45) is 96.1. The van der Waals surface area contributed by atoms with E-state index in [4.69, 9.17) is 14.2 Å². The first-order valence-corrected chi connectivity index (χ1v) is 35.7. The number of hydrogen-bond acceptors (Lipinski definition) is 6. The summed E-state index contributed by atoms with van der Waals surface area (Å²) in [5.41, 5.74) is 0. The zero-order chi connectivity index (χ0) is 59.9. The summed E-state index contributed by atoms with van der Waals surface area (Å²) in [6, 6.07) is 0. The first-order chi connectivity index (χ1) is 41.0. The van der Waals surface area contributed by atoms with E-state index >= 15 is 0 Å². The SMILES string of the molecule is CC/C=C\C/C=C\C/C=C\C/C=C\C/C=C\CC(=O)OCC(COC(=O)CCCCCCCCCCCCCCC/C=C\C/C=C\CCCCCCC)OC(=O)CCCCCCCCCCCCCCC/C=C\CCCCCCCCCC. The predicted octanol–water partition coefficient (Wildman–Crippen LogP) is 24.8. The Labute approximate surface area is 515 Å². The van der Waals surface area contributed by atoms with Gasteiger partial charge < -0.3 is 14.2 Å². The monoisotopic (exact) mass is 1160 g/mol. The Morgan fingerprint density at radius 1 is 0.265 bits per heavy atom. The molecular weight excluding hydrogens is 1020 g/mol. The van der Waals surface area contributed by atoms with Crippen LogP contribution in [-0.4, -0.2) is 37.2 Å². The molecule has 0 aliphatic carbocycles. The molecule has 0 amide bonds. The van der Waals surface area contributed by atoms with Crippen LogP contribution in [0.5, 0.6) is 0 Å². The van der Waals surface area contributed by atoms with E-state index in [0.717, 1.165) is 77.0 Å². The van der Waals surface area contributed by atoms with Gasteiger partial charge in [0.2, 0.25) is 0 Å². The average Bonchev–Trinajstić information content (AvgIpc) is 3.49. The molecule has 0 heterocycles. The summed E-state index contributed by atoms with van der Waals surface area (Å²) in [5.74, 6) is -1.03. The molecule has 1 atom stereocenters. The summed E-state index contributed by atoms with van der Waals surface area (Å²) < 4.78 is 16.9. The fraction of sp³-hybridized carbons (Fsp3) is 0.753. The van der Waals surface area contributed by atoms with Crippen LogP contribution < -0.4 is 0 Å². The Morgan fingerprint density at radius 3 is 0.855 bits per heavy atom. The highest BCUT2D eigenvalue weighted by molar-refractivity contribution is 5.72. The van der Waals surface area contributed by atoms with Crippen LogP contribution in [0.2, 0.25) is 0 Å². The Balaban J connectivity index is 4.35. The van der Waals surface area contributed by atoms with Crippen molar-refractivity contribution in [1.29, 1.82) is 0 Å². The van der Waals surface area contributed by atoms with Gasteiger partial charge in [-0.1, -0.05) is 330 Å². The molecule has 0 radical (unpaired) electrons. The quantitative estimate of drug-likeness (QED) is 0.0261. The minimum Gasteiger partial charge on any atom is -0.462 e. The summed E-state index contributed by atoms with van der Waals surface area (Å²) in [7, 11) is 0. The summed E-state index contributed by atoms with van der Waals surface area (Å²) in [5, 5.41) is 0. The summed E-state index contributed by atoms with van der Waals surface area (Å²) in [6.45, 7) is 6.47. The first kappa shape index (κ1) is 79.3. The van der Waals surface area contributed by atoms with E-state index in [-0.39, 0.29) is 31.6 Å². The minimum atomic E-state index is -0.820. The molecule has 6 heteroatoms. The maximum absolute atomic E-state index is 13.0. The van der Waals surface area contributed by atoms with Crippen LogP contribution in [0.1, 0.15) is 355 Å². The van der Waals surface area contributed by atoms with Gasteiger partial charge in [0.1, 0.15) is 13.2 Å². The Hall–Kier alpha value is -3.67. The molecule has 0 spiro atoms. The highest BCUT2D eigenvalue weighted by Crippen LogP contribution is 2.17.